The Balaban J connectivity index is 1.77. The fraction of sp³-hybridized carbons (Fsp3) is 0.294. The Bertz CT molecular complexity index is 927. The number of hydrogen-bond acceptors (Lipinski definition) is 6. The standard InChI is InChI=1S/C17H19N5O3S/c1-4-25-17(24)14-11(2)12(3)26-16(14)19-15(23)13-6-9-22(20-13)10-21-8-5-7-18-21/h5-9H,4,10H2,1-3H3,(H,19,23). The highest BCUT2D eigenvalue weighted by atomic mass is 32.1. The molecule has 9 heteroatoms. The Kier molecular flexibility index (Phi) is 5.17. The molecule has 0 aliphatic heterocycles. The van der Waals surface area contributed by atoms with Crippen LogP contribution in [-0.4, -0.2) is 38.0 Å². The molecular weight excluding hydrogens is 354 g/mol. The van der Waals surface area contributed by atoms with Gasteiger partial charge in [0, 0.05) is 23.5 Å². The first-order valence-corrected chi connectivity index (χ1v) is 8.90. The molecule has 3 aromatic rings. The molecule has 0 aliphatic carbocycles. The maximum absolute atomic E-state index is 12.5. The van der Waals surface area contributed by atoms with E-state index in [-0.39, 0.29) is 18.2 Å². The summed E-state index contributed by atoms with van der Waals surface area (Å²) in [6.07, 6.45) is 5.19. The minimum Gasteiger partial charge on any atom is -0.462 e. The Morgan fingerprint density at radius 1 is 1.27 bits per heavy atom. The van der Waals surface area contributed by atoms with Gasteiger partial charge in [0.15, 0.2) is 5.69 Å². The van der Waals surface area contributed by atoms with Crippen molar-refractivity contribution in [3.8, 4) is 0 Å². The summed E-state index contributed by atoms with van der Waals surface area (Å²) in [5.41, 5.74) is 1.47. The molecule has 0 aliphatic rings. The Morgan fingerprint density at radius 3 is 2.77 bits per heavy atom. The third-order valence-corrected chi connectivity index (χ3v) is 4.94. The molecule has 0 radical (unpaired) electrons. The van der Waals surface area contributed by atoms with Crippen LogP contribution in [0.25, 0.3) is 0 Å². The lowest BCUT2D eigenvalue weighted by Gasteiger charge is -2.06. The van der Waals surface area contributed by atoms with Gasteiger partial charge in [-0.15, -0.1) is 11.3 Å². The largest absolute Gasteiger partial charge is 0.462 e. The third-order valence-electron chi connectivity index (χ3n) is 3.81. The van der Waals surface area contributed by atoms with Crippen LogP contribution >= 0.6 is 11.3 Å². The first kappa shape index (κ1) is 17.9. The lowest BCUT2D eigenvalue weighted by Crippen LogP contribution is -2.16. The smallest absolute Gasteiger partial charge is 0.341 e. The van der Waals surface area contributed by atoms with Gasteiger partial charge in [0.05, 0.1) is 12.2 Å². The van der Waals surface area contributed by atoms with E-state index in [1.54, 1.807) is 34.7 Å². The fourth-order valence-electron chi connectivity index (χ4n) is 2.43. The molecule has 0 saturated heterocycles. The van der Waals surface area contributed by atoms with E-state index >= 15 is 0 Å². The number of nitrogens with zero attached hydrogens (tertiary/aromatic N) is 4. The molecule has 0 unspecified atom stereocenters. The molecule has 0 spiro atoms. The third kappa shape index (κ3) is 3.67. The number of hydrogen-bond donors (Lipinski definition) is 1. The number of anilines is 1. The second-order valence-corrected chi connectivity index (χ2v) is 6.81. The summed E-state index contributed by atoms with van der Waals surface area (Å²) >= 11 is 1.35. The molecule has 0 bridgehead atoms. The van der Waals surface area contributed by atoms with E-state index in [1.807, 2.05) is 26.1 Å². The van der Waals surface area contributed by atoms with Crippen molar-refractivity contribution in [2.45, 2.75) is 27.4 Å². The zero-order valence-corrected chi connectivity index (χ0v) is 15.5. The molecule has 136 valence electrons. The number of thiophene rings is 1. The molecule has 0 saturated carbocycles. The number of esters is 1. The van der Waals surface area contributed by atoms with E-state index in [0.717, 1.165) is 10.4 Å². The second-order valence-electron chi connectivity index (χ2n) is 5.59. The number of rotatable bonds is 6. The summed E-state index contributed by atoms with van der Waals surface area (Å²) in [5, 5.41) is 11.6. The van der Waals surface area contributed by atoms with Crippen molar-refractivity contribution in [1.82, 2.24) is 19.6 Å². The van der Waals surface area contributed by atoms with Gasteiger partial charge in [-0.05, 0) is 38.5 Å². The first-order valence-electron chi connectivity index (χ1n) is 8.09. The van der Waals surface area contributed by atoms with E-state index in [2.05, 4.69) is 15.5 Å². The van der Waals surface area contributed by atoms with Gasteiger partial charge in [0.25, 0.3) is 5.91 Å². The van der Waals surface area contributed by atoms with Crippen LogP contribution in [0.2, 0.25) is 0 Å². The molecule has 26 heavy (non-hydrogen) atoms. The van der Waals surface area contributed by atoms with Gasteiger partial charge in [-0.1, -0.05) is 0 Å². The molecule has 0 fully saturated rings. The van der Waals surface area contributed by atoms with Crippen molar-refractivity contribution >= 4 is 28.2 Å². The van der Waals surface area contributed by atoms with Crippen molar-refractivity contribution in [2.75, 3.05) is 11.9 Å². The van der Waals surface area contributed by atoms with Crippen molar-refractivity contribution in [1.29, 1.82) is 0 Å². The normalized spacial score (nSPS) is 10.7. The molecule has 3 heterocycles. The topological polar surface area (TPSA) is 91.0 Å². The first-order chi connectivity index (χ1) is 12.5. The highest BCUT2D eigenvalue weighted by Gasteiger charge is 2.23. The Labute approximate surface area is 154 Å². The predicted molar refractivity (Wildman–Crippen MR) is 97.6 cm³/mol. The molecular formula is C17H19N5O3S. The van der Waals surface area contributed by atoms with Gasteiger partial charge in [-0.2, -0.15) is 10.2 Å². The quantitative estimate of drug-likeness (QED) is 0.671. The highest BCUT2D eigenvalue weighted by Crippen LogP contribution is 2.33. The van der Waals surface area contributed by atoms with Crippen LogP contribution in [0, 0.1) is 13.8 Å². The summed E-state index contributed by atoms with van der Waals surface area (Å²) in [5.74, 6) is -0.815. The van der Waals surface area contributed by atoms with Crippen LogP contribution in [0.5, 0.6) is 0 Å². The van der Waals surface area contributed by atoms with Crippen LogP contribution in [0.4, 0.5) is 5.00 Å². The average molecular weight is 373 g/mol. The number of amides is 1. The zero-order valence-electron chi connectivity index (χ0n) is 14.7. The Hall–Kier alpha value is -2.94. The van der Waals surface area contributed by atoms with Crippen LogP contribution in [0.15, 0.2) is 30.7 Å². The van der Waals surface area contributed by atoms with Crippen LogP contribution in [-0.2, 0) is 11.4 Å². The molecule has 0 atom stereocenters. The zero-order chi connectivity index (χ0) is 18.7. The van der Waals surface area contributed by atoms with Crippen LogP contribution < -0.4 is 5.32 Å². The summed E-state index contributed by atoms with van der Waals surface area (Å²) in [7, 11) is 0. The van der Waals surface area contributed by atoms with Crippen molar-refractivity contribution in [3.05, 3.63) is 52.4 Å². The van der Waals surface area contributed by atoms with Gasteiger partial charge >= 0.3 is 5.97 Å². The highest BCUT2D eigenvalue weighted by molar-refractivity contribution is 7.16. The van der Waals surface area contributed by atoms with E-state index in [1.165, 1.54) is 11.3 Å². The van der Waals surface area contributed by atoms with E-state index in [4.69, 9.17) is 4.74 Å². The lowest BCUT2D eigenvalue weighted by molar-refractivity contribution is 0.0527. The summed E-state index contributed by atoms with van der Waals surface area (Å²) in [6, 6.07) is 3.44. The molecule has 3 rings (SSSR count). The van der Waals surface area contributed by atoms with Gasteiger partial charge in [-0.3, -0.25) is 14.2 Å². The number of carbonyl (C=O) groups is 2. The van der Waals surface area contributed by atoms with E-state index < -0.39 is 5.97 Å². The van der Waals surface area contributed by atoms with Gasteiger partial charge in [0.1, 0.15) is 11.7 Å². The summed E-state index contributed by atoms with van der Waals surface area (Å²) < 4.78 is 8.40. The maximum Gasteiger partial charge on any atom is 0.341 e. The van der Waals surface area contributed by atoms with Gasteiger partial charge in [-0.25, -0.2) is 4.79 Å². The van der Waals surface area contributed by atoms with Crippen molar-refractivity contribution < 1.29 is 14.3 Å². The van der Waals surface area contributed by atoms with Crippen molar-refractivity contribution in [2.24, 2.45) is 0 Å². The number of nitrogens with one attached hydrogen (secondary N) is 1. The van der Waals surface area contributed by atoms with Gasteiger partial charge < -0.3 is 10.1 Å². The van der Waals surface area contributed by atoms with Crippen LogP contribution in [0.3, 0.4) is 0 Å². The molecule has 1 amide bonds. The number of carbonyl (C=O) groups excluding carboxylic acids is 2. The fourth-order valence-corrected chi connectivity index (χ4v) is 3.47. The second kappa shape index (κ2) is 7.52. The minimum atomic E-state index is -0.436. The number of aromatic nitrogens is 4. The molecule has 8 nitrogen and oxygen atoms in total. The predicted octanol–water partition coefficient (Wildman–Crippen LogP) is 2.69. The average Bonchev–Trinajstić information content (AvgIpc) is 3.31. The lowest BCUT2D eigenvalue weighted by atomic mass is 10.1. The molecule has 0 aromatic carbocycles. The van der Waals surface area contributed by atoms with Gasteiger partial charge in [0.2, 0.25) is 0 Å². The Morgan fingerprint density at radius 2 is 2.08 bits per heavy atom. The summed E-state index contributed by atoms with van der Waals surface area (Å²) in [6.45, 7) is 6.17. The van der Waals surface area contributed by atoms with E-state index in [9.17, 15) is 9.59 Å². The number of aryl methyl sites for hydroxylation is 1. The van der Waals surface area contributed by atoms with E-state index in [0.29, 0.717) is 17.2 Å². The van der Waals surface area contributed by atoms with Crippen LogP contribution in [0.1, 0.15) is 38.2 Å². The monoisotopic (exact) mass is 373 g/mol. The minimum absolute atomic E-state index is 0.260. The number of ether oxygens (including phenoxy) is 1. The maximum atomic E-state index is 12.5. The summed E-state index contributed by atoms with van der Waals surface area (Å²) in [4.78, 5) is 25.7. The SMILES string of the molecule is CCOC(=O)c1c(NC(=O)c2ccn(Cn3cccn3)n2)sc(C)c1C. The molecule has 1 N–H and O–H groups in total. The van der Waals surface area contributed by atoms with Crippen molar-refractivity contribution in [3.63, 3.8) is 0 Å². The molecule has 3 aromatic heterocycles.